The van der Waals surface area contributed by atoms with Crippen LogP contribution in [0.5, 0.6) is 0 Å². The van der Waals surface area contributed by atoms with E-state index >= 15 is 0 Å². The molecule has 0 aliphatic rings. The summed E-state index contributed by atoms with van der Waals surface area (Å²) in [7, 11) is 0. The summed E-state index contributed by atoms with van der Waals surface area (Å²) in [6.45, 7) is 6.76. The van der Waals surface area contributed by atoms with E-state index in [9.17, 15) is 0 Å². The molecular weight excluding hydrogens is 248 g/mol. The molecule has 1 heterocycles. The number of hydrogen-bond acceptors (Lipinski definition) is 3. The van der Waals surface area contributed by atoms with Gasteiger partial charge >= 0.3 is 0 Å². The third-order valence-electron chi connectivity index (χ3n) is 2.91. The molecule has 1 unspecified atom stereocenters. The predicted molar refractivity (Wildman–Crippen MR) is 72.7 cm³/mol. The van der Waals surface area contributed by atoms with Crippen LogP contribution in [-0.4, -0.2) is 4.98 Å². The number of rotatable bonds is 4. The third-order valence-corrected chi connectivity index (χ3v) is 3.15. The van der Waals surface area contributed by atoms with Gasteiger partial charge in [-0.15, -0.1) is 0 Å². The zero-order valence-electron chi connectivity index (χ0n) is 10.8. The average molecular weight is 265 g/mol. The van der Waals surface area contributed by atoms with Crippen molar-refractivity contribution in [2.75, 3.05) is 0 Å². The predicted octanol–water partition coefficient (Wildman–Crippen LogP) is 3.80. The maximum atomic E-state index is 5.93. The van der Waals surface area contributed by atoms with Crippen molar-refractivity contribution in [2.45, 2.75) is 33.4 Å². The SMILES string of the molecule is Cc1cnc(C(C)NCc2ccc(Cl)cc2C)o1. The quantitative estimate of drug-likeness (QED) is 0.913. The van der Waals surface area contributed by atoms with Crippen LogP contribution in [-0.2, 0) is 6.54 Å². The van der Waals surface area contributed by atoms with Crippen LogP contribution < -0.4 is 5.32 Å². The molecule has 18 heavy (non-hydrogen) atoms. The second-order valence-electron chi connectivity index (χ2n) is 4.48. The molecule has 2 rings (SSSR count). The summed E-state index contributed by atoms with van der Waals surface area (Å²) in [5.74, 6) is 1.56. The normalized spacial score (nSPS) is 12.7. The number of halogens is 1. The summed E-state index contributed by atoms with van der Waals surface area (Å²) in [5, 5.41) is 4.16. The van der Waals surface area contributed by atoms with Crippen molar-refractivity contribution in [3.05, 3.63) is 52.2 Å². The maximum absolute atomic E-state index is 5.93. The van der Waals surface area contributed by atoms with E-state index in [-0.39, 0.29) is 6.04 Å². The molecule has 0 fully saturated rings. The minimum atomic E-state index is 0.0915. The number of nitrogens with one attached hydrogen (secondary N) is 1. The fraction of sp³-hybridized carbons (Fsp3) is 0.357. The lowest BCUT2D eigenvalue weighted by Crippen LogP contribution is -2.18. The van der Waals surface area contributed by atoms with Gasteiger partial charge in [0.2, 0.25) is 5.89 Å². The van der Waals surface area contributed by atoms with Crippen molar-refractivity contribution in [1.82, 2.24) is 10.3 Å². The maximum Gasteiger partial charge on any atom is 0.211 e. The van der Waals surface area contributed by atoms with Gasteiger partial charge in [0.15, 0.2) is 0 Å². The summed E-state index contributed by atoms with van der Waals surface area (Å²) in [6.07, 6.45) is 1.74. The highest BCUT2D eigenvalue weighted by atomic mass is 35.5. The fourth-order valence-corrected chi connectivity index (χ4v) is 2.01. The van der Waals surface area contributed by atoms with Crippen LogP contribution in [0.1, 0.15) is 35.7 Å². The molecule has 96 valence electrons. The molecule has 0 bridgehead atoms. The van der Waals surface area contributed by atoms with E-state index in [0.717, 1.165) is 23.2 Å². The van der Waals surface area contributed by atoms with Crippen LogP contribution in [0.4, 0.5) is 0 Å². The Kier molecular flexibility index (Phi) is 4.04. The smallest absolute Gasteiger partial charge is 0.211 e. The first-order valence-corrected chi connectivity index (χ1v) is 6.35. The number of oxazole rings is 1. The van der Waals surface area contributed by atoms with Gasteiger partial charge in [-0.05, 0) is 44.0 Å². The van der Waals surface area contributed by atoms with Crippen LogP contribution in [0.15, 0.2) is 28.8 Å². The largest absolute Gasteiger partial charge is 0.444 e. The van der Waals surface area contributed by atoms with Gasteiger partial charge in [0, 0.05) is 11.6 Å². The number of benzene rings is 1. The van der Waals surface area contributed by atoms with Gasteiger partial charge in [0.25, 0.3) is 0 Å². The summed E-state index contributed by atoms with van der Waals surface area (Å²) >= 11 is 5.93. The Hall–Kier alpha value is -1.32. The minimum Gasteiger partial charge on any atom is -0.444 e. The first-order chi connectivity index (χ1) is 8.56. The Balaban J connectivity index is 1.99. The highest BCUT2D eigenvalue weighted by molar-refractivity contribution is 6.30. The van der Waals surface area contributed by atoms with Gasteiger partial charge in [0.05, 0.1) is 12.2 Å². The van der Waals surface area contributed by atoms with E-state index in [1.807, 2.05) is 32.0 Å². The van der Waals surface area contributed by atoms with Gasteiger partial charge in [-0.3, -0.25) is 0 Å². The molecule has 1 N–H and O–H groups in total. The molecule has 1 aromatic heterocycles. The summed E-state index contributed by atoms with van der Waals surface area (Å²) in [4.78, 5) is 4.21. The van der Waals surface area contributed by atoms with Gasteiger partial charge < -0.3 is 9.73 Å². The molecule has 0 saturated carbocycles. The minimum absolute atomic E-state index is 0.0915. The summed E-state index contributed by atoms with van der Waals surface area (Å²) in [6, 6.07) is 6.01. The Morgan fingerprint density at radius 1 is 1.39 bits per heavy atom. The van der Waals surface area contributed by atoms with E-state index in [1.54, 1.807) is 6.20 Å². The molecule has 0 aliphatic carbocycles. The van der Waals surface area contributed by atoms with Gasteiger partial charge in [-0.1, -0.05) is 17.7 Å². The molecule has 1 aromatic carbocycles. The Labute approximate surface area is 112 Å². The monoisotopic (exact) mass is 264 g/mol. The molecule has 4 heteroatoms. The second kappa shape index (κ2) is 5.55. The lowest BCUT2D eigenvalue weighted by atomic mass is 10.1. The van der Waals surface area contributed by atoms with Crippen molar-refractivity contribution in [1.29, 1.82) is 0 Å². The van der Waals surface area contributed by atoms with E-state index in [0.29, 0.717) is 0 Å². The van der Waals surface area contributed by atoms with Crippen molar-refractivity contribution in [3.8, 4) is 0 Å². The summed E-state index contributed by atoms with van der Waals surface area (Å²) < 4.78 is 5.49. The number of nitrogens with zero attached hydrogens (tertiary/aromatic N) is 1. The Morgan fingerprint density at radius 3 is 2.78 bits per heavy atom. The topological polar surface area (TPSA) is 38.1 Å². The summed E-state index contributed by atoms with van der Waals surface area (Å²) in [5.41, 5.74) is 2.42. The molecule has 0 amide bonds. The molecule has 0 aliphatic heterocycles. The highest BCUT2D eigenvalue weighted by Crippen LogP contribution is 2.17. The lowest BCUT2D eigenvalue weighted by Gasteiger charge is -2.12. The second-order valence-corrected chi connectivity index (χ2v) is 4.92. The number of aryl methyl sites for hydroxylation is 2. The third kappa shape index (κ3) is 3.12. The van der Waals surface area contributed by atoms with E-state index in [1.165, 1.54) is 11.1 Å². The molecule has 0 radical (unpaired) electrons. The molecule has 2 aromatic rings. The molecular formula is C14H17ClN2O. The number of hydrogen-bond donors (Lipinski definition) is 1. The molecule has 1 atom stereocenters. The average Bonchev–Trinajstić information content (AvgIpc) is 2.74. The Morgan fingerprint density at radius 2 is 2.17 bits per heavy atom. The van der Waals surface area contributed by atoms with Gasteiger partial charge in [-0.25, -0.2) is 4.98 Å². The first kappa shape index (κ1) is 13.1. The van der Waals surface area contributed by atoms with Crippen molar-refractivity contribution >= 4 is 11.6 Å². The zero-order chi connectivity index (χ0) is 13.1. The van der Waals surface area contributed by atoms with Crippen molar-refractivity contribution < 1.29 is 4.42 Å². The zero-order valence-corrected chi connectivity index (χ0v) is 11.6. The van der Waals surface area contributed by atoms with Gasteiger partial charge in [-0.2, -0.15) is 0 Å². The van der Waals surface area contributed by atoms with E-state index in [4.69, 9.17) is 16.0 Å². The van der Waals surface area contributed by atoms with Crippen LogP contribution in [0.25, 0.3) is 0 Å². The fourth-order valence-electron chi connectivity index (χ4n) is 1.78. The standard InChI is InChI=1S/C14H17ClN2O/c1-9-6-13(15)5-4-12(9)8-16-11(3)14-17-7-10(2)18-14/h4-7,11,16H,8H2,1-3H3. The van der Waals surface area contributed by atoms with Crippen molar-refractivity contribution in [2.24, 2.45) is 0 Å². The van der Waals surface area contributed by atoms with E-state index in [2.05, 4.69) is 17.2 Å². The number of aromatic nitrogens is 1. The molecule has 0 saturated heterocycles. The Bertz CT molecular complexity index is 536. The molecule has 0 spiro atoms. The first-order valence-electron chi connectivity index (χ1n) is 5.97. The van der Waals surface area contributed by atoms with Crippen molar-refractivity contribution in [3.63, 3.8) is 0 Å². The van der Waals surface area contributed by atoms with Crippen LogP contribution >= 0.6 is 11.6 Å². The van der Waals surface area contributed by atoms with Crippen LogP contribution in [0.3, 0.4) is 0 Å². The van der Waals surface area contributed by atoms with Crippen LogP contribution in [0.2, 0.25) is 5.02 Å². The van der Waals surface area contributed by atoms with Crippen LogP contribution in [0, 0.1) is 13.8 Å². The van der Waals surface area contributed by atoms with Gasteiger partial charge in [0.1, 0.15) is 5.76 Å². The lowest BCUT2D eigenvalue weighted by molar-refractivity contribution is 0.402. The molecule has 3 nitrogen and oxygen atoms in total. The highest BCUT2D eigenvalue weighted by Gasteiger charge is 2.11. The van der Waals surface area contributed by atoms with E-state index < -0.39 is 0 Å².